The van der Waals surface area contributed by atoms with Gasteiger partial charge >= 0.3 is 0 Å². The molecule has 0 saturated carbocycles. The molecule has 1 N–H and O–H groups in total. The molecule has 2 nitrogen and oxygen atoms in total. The zero-order valence-electron chi connectivity index (χ0n) is 7.38. The van der Waals surface area contributed by atoms with Crippen molar-refractivity contribution in [1.82, 2.24) is 0 Å². The Morgan fingerprint density at radius 3 is 2.77 bits per heavy atom. The molecule has 1 aromatic carbocycles. The Hall–Kier alpha value is -1.22. The standard InChI is InChI=1S/C10H11FO2/c1-2-10(13)9-5-8(11)4-3-7(9)6-12/h3-5,12H,2,6H2,1H3. The Bertz CT molecular complexity index is 321. The van der Waals surface area contributed by atoms with Gasteiger partial charge in [-0.15, -0.1) is 0 Å². The number of benzene rings is 1. The third-order valence-corrected chi connectivity index (χ3v) is 1.86. The molecule has 0 unspecified atom stereocenters. The number of carbonyl (C=O) groups is 1. The number of ketones is 1. The van der Waals surface area contributed by atoms with E-state index in [1.165, 1.54) is 12.1 Å². The van der Waals surface area contributed by atoms with E-state index in [1.54, 1.807) is 6.92 Å². The fourth-order valence-electron chi connectivity index (χ4n) is 1.14. The van der Waals surface area contributed by atoms with E-state index in [2.05, 4.69) is 0 Å². The first kappa shape index (κ1) is 9.86. The molecule has 1 aromatic rings. The molecule has 0 aliphatic heterocycles. The highest BCUT2D eigenvalue weighted by atomic mass is 19.1. The van der Waals surface area contributed by atoms with Crippen LogP contribution in [0.25, 0.3) is 0 Å². The molecule has 0 aromatic heterocycles. The molecule has 0 radical (unpaired) electrons. The molecule has 3 heteroatoms. The van der Waals surface area contributed by atoms with Crippen LogP contribution in [0.4, 0.5) is 4.39 Å². The average molecular weight is 182 g/mol. The third kappa shape index (κ3) is 2.12. The maximum atomic E-state index is 12.7. The van der Waals surface area contributed by atoms with Crippen molar-refractivity contribution >= 4 is 5.78 Å². The first-order valence-corrected chi connectivity index (χ1v) is 4.11. The van der Waals surface area contributed by atoms with Crippen LogP contribution in [0.3, 0.4) is 0 Å². The van der Waals surface area contributed by atoms with Crippen molar-refractivity contribution in [3.63, 3.8) is 0 Å². The van der Waals surface area contributed by atoms with Crippen LogP contribution < -0.4 is 0 Å². The minimum Gasteiger partial charge on any atom is -0.392 e. The summed E-state index contributed by atoms with van der Waals surface area (Å²) in [5, 5.41) is 8.88. The lowest BCUT2D eigenvalue weighted by Gasteiger charge is -2.04. The molecular weight excluding hydrogens is 171 g/mol. The van der Waals surface area contributed by atoms with E-state index in [1.807, 2.05) is 0 Å². The summed E-state index contributed by atoms with van der Waals surface area (Å²) in [7, 11) is 0. The summed E-state index contributed by atoms with van der Waals surface area (Å²) in [5.41, 5.74) is 0.762. The monoisotopic (exact) mass is 182 g/mol. The molecular formula is C10H11FO2. The van der Waals surface area contributed by atoms with Crippen molar-refractivity contribution in [3.05, 3.63) is 35.1 Å². The maximum absolute atomic E-state index is 12.7. The molecule has 0 aliphatic rings. The number of rotatable bonds is 3. The van der Waals surface area contributed by atoms with Crippen molar-refractivity contribution in [2.24, 2.45) is 0 Å². The fourth-order valence-corrected chi connectivity index (χ4v) is 1.14. The van der Waals surface area contributed by atoms with Crippen LogP contribution in [0.2, 0.25) is 0 Å². The second-order valence-electron chi connectivity index (χ2n) is 2.74. The second kappa shape index (κ2) is 4.14. The summed E-state index contributed by atoms with van der Waals surface area (Å²) in [6.45, 7) is 1.47. The van der Waals surface area contributed by atoms with Crippen molar-refractivity contribution in [2.45, 2.75) is 20.0 Å². The van der Waals surface area contributed by atoms with Gasteiger partial charge in [0.2, 0.25) is 0 Å². The smallest absolute Gasteiger partial charge is 0.163 e. The molecule has 0 bridgehead atoms. The van der Waals surface area contributed by atoms with E-state index in [0.717, 1.165) is 6.07 Å². The molecule has 0 fully saturated rings. The van der Waals surface area contributed by atoms with E-state index in [0.29, 0.717) is 12.0 Å². The van der Waals surface area contributed by atoms with Gasteiger partial charge in [0.15, 0.2) is 5.78 Å². The van der Waals surface area contributed by atoms with Gasteiger partial charge in [0.1, 0.15) is 5.82 Å². The van der Waals surface area contributed by atoms with Gasteiger partial charge in [0.05, 0.1) is 6.61 Å². The van der Waals surface area contributed by atoms with Crippen LogP contribution in [0, 0.1) is 5.82 Å². The van der Waals surface area contributed by atoms with Crippen LogP contribution in [-0.2, 0) is 6.61 Å². The number of halogens is 1. The minimum absolute atomic E-state index is 0.149. The SMILES string of the molecule is CCC(=O)c1cc(F)ccc1CO. The minimum atomic E-state index is -0.450. The van der Waals surface area contributed by atoms with Crippen LogP contribution in [0.1, 0.15) is 29.3 Å². The topological polar surface area (TPSA) is 37.3 Å². The number of aliphatic hydroxyl groups is 1. The van der Waals surface area contributed by atoms with Gasteiger partial charge in [0.25, 0.3) is 0 Å². The number of hydrogen-bond donors (Lipinski definition) is 1. The van der Waals surface area contributed by atoms with E-state index >= 15 is 0 Å². The first-order chi connectivity index (χ1) is 6.19. The predicted molar refractivity (Wildman–Crippen MR) is 46.9 cm³/mol. The highest BCUT2D eigenvalue weighted by Crippen LogP contribution is 2.13. The summed E-state index contributed by atoms with van der Waals surface area (Å²) in [4.78, 5) is 11.3. The van der Waals surface area contributed by atoms with E-state index in [4.69, 9.17) is 5.11 Å². The van der Waals surface area contributed by atoms with Gasteiger partial charge in [-0.2, -0.15) is 0 Å². The van der Waals surface area contributed by atoms with E-state index in [9.17, 15) is 9.18 Å². The van der Waals surface area contributed by atoms with E-state index < -0.39 is 5.82 Å². The fraction of sp³-hybridized carbons (Fsp3) is 0.300. The first-order valence-electron chi connectivity index (χ1n) is 4.11. The molecule has 0 amide bonds. The Labute approximate surface area is 76.0 Å². The van der Waals surface area contributed by atoms with Crippen molar-refractivity contribution < 1.29 is 14.3 Å². The molecule has 0 saturated heterocycles. The average Bonchev–Trinajstić information content (AvgIpc) is 2.16. The Balaban J connectivity index is 3.15. The van der Waals surface area contributed by atoms with Crippen LogP contribution in [0.15, 0.2) is 18.2 Å². The van der Waals surface area contributed by atoms with Gasteiger partial charge in [-0.1, -0.05) is 13.0 Å². The molecule has 1 rings (SSSR count). The number of carbonyl (C=O) groups excluding carboxylic acids is 1. The predicted octanol–water partition coefficient (Wildman–Crippen LogP) is 1.91. The van der Waals surface area contributed by atoms with E-state index in [-0.39, 0.29) is 18.0 Å². The van der Waals surface area contributed by atoms with Crippen LogP contribution in [-0.4, -0.2) is 10.9 Å². The summed E-state index contributed by atoms with van der Waals surface area (Å²) < 4.78 is 12.7. The van der Waals surface area contributed by atoms with Crippen molar-refractivity contribution in [3.8, 4) is 0 Å². The number of hydrogen-bond acceptors (Lipinski definition) is 2. The summed E-state index contributed by atoms with van der Waals surface area (Å²) in [6, 6.07) is 3.83. The van der Waals surface area contributed by atoms with Crippen LogP contribution >= 0.6 is 0 Å². The second-order valence-corrected chi connectivity index (χ2v) is 2.74. The van der Waals surface area contributed by atoms with Gasteiger partial charge in [-0.25, -0.2) is 4.39 Å². The third-order valence-electron chi connectivity index (χ3n) is 1.86. The molecule has 0 atom stereocenters. The quantitative estimate of drug-likeness (QED) is 0.725. The van der Waals surface area contributed by atoms with Crippen molar-refractivity contribution in [2.75, 3.05) is 0 Å². The highest BCUT2D eigenvalue weighted by molar-refractivity contribution is 5.97. The maximum Gasteiger partial charge on any atom is 0.163 e. The lowest BCUT2D eigenvalue weighted by atomic mass is 10.0. The molecule has 70 valence electrons. The summed E-state index contributed by atoms with van der Waals surface area (Å²) in [6.07, 6.45) is 0.316. The summed E-state index contributed by atoms with van der Waals surface area (Å²) in [5.74, 6) is -0.599. The normalized spacial score (nSPS) is 10.1. The van der Waals surface area contributed by atoms with Gasteiger partial charge in [0, 0.05) is 12.0 Å². The van der Waals surface area contributed by atoms with Gasteiger partial charge in [-0.3, -0.25) is 4.79 Å². The number of Topliss-reactive ketones (excluding diaryl/α,β-unsaturated/α-hetero) is 1. The van der Waals surface area contributed by atoms with Gasteiger partial charge in [-0.05, 0) is 17.7 Å². The lowest BCUT2D eigenvalue weighted by molar-refractivity contribution is 0.0984. The van der Waals surface area contributed by atoms with Crippen LogP contribution in [0.5, 0.6) is 0 Å². The summed E-state index contributed by atoms with van der Waals surface area (Å²) >= 11 is 0. The lowest BCUT2D eigenvalue weighted by Crippen LogP contribution is -2.03. The zero-order valence-corrected chi connectivity index (χ0v) is 7.38. The Kier molecular flexibility index (Phi) is 3.14. The Morgan fingerprint density at radius 1 is 1.54 bits per heavy atom. The molecule has 0 spiro atoms. The molecule has 0 heterocycles. The largest absolute Gasteiger partial charge is 0.392 e. The number of aliphatic hydroxyl groups excluding tert-OH is 1. The van der Waals surface area contributed by atoms with Crippen molar-refractivity contribution in [1.29, 1.82) is 0 Å². The molecule has 13 heavy (non-hydrogen) atoms. The zero-order chi connectivity index (χ0) is 9.84. The Morgan fingerprint density at radius 2 is 2.23 bits per heavy atom. The molecule has 0 aliphatic carbocycles. The van der Waals surface area contributed by atoms with Gasteiger partial charge < -0.3 is 5.11 Å². The highest BCUT2D eigenvalue weighted by Gasteiger charge is 2.09.